The van der Waals surface area contributed by atoms with Crippen LogP contribution in [-0.4, -0.2) is 23.1 Å². The number of alkyl halides is 3. The quantitative estimate of drug-likeness (QED) is 0.738. The maximum atomic E-state index is 12.7. The summed E-state index contributed by atoms with van der Waals surface area (Å²) in [7, 11) is 0. The molecule has 0 amide bonds. The molecule has 1 aliphatic heterocycles. The van der Waals surface area contributed by atoms with Crippen LogP contribution in [0.1, 0.15) is 31.9 Å². The molecule has 106 valence electrons. The minimum atomic E-state index is -4.50. The number of halogens is 4. The van der Waals surface area contributed by atoms with E-state index in [1.807, 2.05) is 4.90 Å². The molecule has 7 heteroatoms. The van der Waals surface area contributed by atoms with Gasteiger partial charge in [-0.1, -0.05) is 6.92 Å². The number of rotatable bonds is 1. The molecule has 2 heterocycles. The molecule has 0 bridgehead atoms. The van der Waals surface area contributed by atoms with Crippen molar-refractivity contribution in [2.24, 2.45) is 5.92 Å². The highest BCUT2D eigenvalue weighted by Crippen LogP contribution is 2.31. The van der Waals surface area contributed by atoms with Crippen molar-refractivity contribution in [2.45, 2.75) is 32.4 Å². The van der Waals surface area contributed by atoms with E-state index in [4.69, 9.17) is 11.6 Å². The third kappa shape index (κ3) is 3.72. The van der Waals surface area contributed by atoms with Crippen LogP contribution >= 0.6 is 11.6 Å². The smallest absolute Gasteiger partial charge is 0.356 e. The molecule has 1 atom stereocenters. The molecule has 0 saturated carbocycles. The van der Waals surface area contributed by atoms with Gasteiger partial charge in [0, 0.05) is 19.2 Å². The second-order valence-corrected chi connectivity index (χ2v) is 5.24. The molecule has 1 saturated heterocycles. The van der Waals surface area contributed by atoms with E-state index in [-0.39, 0.29) is 11.1 Å². The summed E-state index contributed by atoms with van der Waals surface area (Å²) in [6.07, 6.45) is -1.52. The molecule has 1 fully saturated rings. The van der Waals surface area contributed by atoms with Crippen molar-refractivity contribution in [1.82, 2.24) is 9.97 Å². The van der Waals surface area contributed by atoms with Crippen molar-refractivity contribution >= 4 is 17.4 Å². The van der Waals surface area contributed by atoms with Gasteiger partial charge in [0.25, 0.3) is 0 Å². The molecule has 0 aliphatic carbocycles. The molecule has 1 aliphatic rings. The van der Waals surface area contributed by atoms with E-state index < -0.39 is 11.9 Å². The molecule has 19 heavy (non-hydrogen) atoms. The number of anilines is 1. The molecule has 1 aromatic heterocycles. The zero-order chi connectivity index (χ0) is 14.0. The first-order valence-electron chi connectivity index (χ1n) is 6.23. The lowest BCUT2D eigenvalue weighted by Gasteiger charge is -2.22. The van der Waals surface area contributed by atoms with Crippen molar-refractivity contribution < 1.29 is 13.2 Å². The summed E-state index contributed by atoms with van der Waals surface area (Å²) in [6.45, 7) is 3.55. The summed E-state index contributed by atoms with van der Waals surface area (Å²) in [6, 6.07) is 0.974. The second-order valence-electron chi connectivity index (χ2n) is 4.90. The van der Waals surface area contributed by atoms with E-state index >= 15 is 0 Å². The highest BCUT2D eigenvalue weighted by atomic mass is 35.5. The third-order valence-electron chi connectivity index (χ3n) is 3.32. The minimum Gasteiger partial charge on any atom is -0.356 e. The van der Waals surface area contributed by atoms with E-state index in [1.54, 1.807) is 0 Å². The predicted octanol–water partition coefficient (Wildman–Crippen LogP) is 3.78. The van der Waals surface area contributed by atoms with Crippen molar-refractivity contribution in [3.8, 4) is 0 Å². The van der Waals surface area contributed by atoms with E-state index in [1.165, 1.54) is 0 Å². The fraction of sp³-hybridized carbons (Fsp3) is 0.667. The van der Waals surface area contributed by atoms with Gasteiger partial charge in [0.15, 0.2) is 5.69 Å². The van der Waals surface area contributed by atoms with Crippen LogP contribution in [0.15, 0.2) is 6.07 Å². The Hall–Kier alpha value is -1.04. The Morgan fingerprint density at radius 1 is 1.26 bits per heavy atom. The lowest BCUT2D eigenvalue weighted by atomic mass is 10.0. The van der Waals surface area contributed by atoms with Crippen LogP contribution in [0.5, 0.6) is 0 Å². The van der Waals surface area contributed by atoms with Gasteiger partial charge in [-0.3, -0.25) is 0 Å². The van der Waals surface area contributed by atoms with Gasteiger partial charge in [-0.05, 0) is 36.8 Å². The van der Waals surface area contributed by atoms with Crippen LogP contribution in [0, 0.1) is 5.92 Å². The Kier molecular flexibility index (Phi) is 4.18. The Morgan fingerprint density at radius 3 is 2.68 bits per heavy atom. The molecule has 1 aromatic rings. The Balaban J connectivity index is 2.26. The summed E-state index contributed by atoms with van der Waals surface area (Å²) < 4.78 is 38.1. The zero-order valence-electron chi connectivity index (χ0n) is 10.5. The SMILES string of the molecule is CC1CCCN(c2cc(C(F)(F)F)nc(Cl)n2)CC1. The van der Waals surface area contributed by atoms with Gasteiger partial charge in [0.1, 0.15) is 5.82 Å². The normalized spacial score (nSPS) is 21.3. The van der Waals surface area contributed by atoms with Gasteiger partial charge in [-0.15, -0.1) is 0 Å². The summed E-state index contributed by atoms with van der Waals surface area (Å²) in [5.74, 6) is 0.853. The summed E-state index contributed by atoms with van der Waals surface area (Å²) in [5, 5.41) is -0.359. The molecule has 1 unspecified atom stereocenters. The maximum Gasteiger partial charge on any atom is 0.433 e. The molecule has 0 spiro atoms. The molecule has 0 aromatic carbocycles. The van der Waals surface area contributed by atoms with E-state index in [2.05, 4.69) is 16.9 Å². The van der Waals surface area contributed by atoms with Crippen LogP contribution in [0.2, 0.25) is 5.28 Å². The molecule has 3 nitrogen and oxygen atoms in total. The fourth-order valence-electron chi connectivity index (χ4n) is 2.21. The van der Waals surface area contributed by atoms with Crippen molar-refractivity contribution in [2.75, 3.05) is 18.0 Å². The molecule has 2 rings (SSSR count). The summed E-state index contributed by atoms with van der Waals surface area (Å²) >= 11 is 5.60. The first-order chi connectivity index (χ1) is 8.86. The lowest BCUT2D eigenvalue weighted by Crippen LogP contribution is -2.26. The third-order valence-corrected chi connectivity index (χ3v) is 3.49. The number of hydrogen-bond acceptors (Lipinski definition) is 3. The topological polar surface area (TPSA) is 29.0 Å². The monoisotopic (exact) mass is 293 g/mol. The standard InChI is InChI=1S/C12H15ClF3N3/c1-8-3-2-5-19(6-4-8)10-7-9(12(14,15)16)17-11(13)18-10/h7-8H,2-6H2,1H3. The zero-order valence-corrected chi connectivity index (χ0v) is 11.3. The second kappa shape index (κ2) is 5.53. The largest absolute Gasteiger partial charge is 0.433 e. The number of hydrogen-bond donors (Lipinski definition) is 0. The molecule has 0 N–H and O–H groups in total. The first-order valence-corrected chi connectivity index (χ1v) is 6.61. The van der Waals surface area contributed by atoms with Crippen LogP contribution in [0.25, 0.3) is 0 Å². The van der Waals surface area contributed by atoms with Crippen molar-refractivity contribution in [3.05, 3.63) is 17.0 Å². The van der Waals surface area contributed by atoms with Crippen molar-refractivity contribution in [1.29, 1.82) is 0 Å². The Bertz CT molecular complexity index is 450. The number of aromatic nitrogens is 2. The average Bonchev–Trinajstić information content (AvgIpc) is 2.52. The van der Waals surface area contributed by atoms with Crippen molar-refractivity contribution in [3.63, 3.8) is 0 Å². The van der Waals surface area contributed by atoms with Gasteiger partial charge in [-0.2, -0.15) is 13.2 Å². The number of nitrogens with zero attached hydrogens (tertiary/aromatic N) is 3. The van der Waals surface area contributed by atoms with Gasteiger partial charge >= 0.3 is 6.18 Å². The Morgan fingerprint density at radius 2 is 2.00 bits per heavy atom. The average molecular weight is 294 g/mol. The first kappa shape index (κ1) is 14.4. The van der Waals surface area contributed by atoms with E-state index in [0.717, 1.165) is 25.3 Å². The van der Waals surface area contributed by atoms with Crippen LogP contribution in [0.3, 0.4) is 0 Å². The minimum absolute atomic E-state index is 0.265. The predicted molar refractivity (Wildman–Crippen MR) is 67.3 cm³/mol. The van der Waals surface area contributed by atoms with E-state index in [0.29, 0.717) is 19.0 Å². The fourth-order valence-corrected chi connectivity index (χ4v) is 2.38. The maximum absolute atomic E-state index is 12.7. The van der Waals surface area contributed by atoms with Crippen LogP contribution in [-0.2, 0) is 6.18 Å². The molecule has 0 radical (unpaired) electrons. The molecular weight excluding hydrogens is 279 g/mol. The Labute approximate surface area is 114 Å². The van der Waals surface area contributed by atoms with Gasteiger partial charge < -0.3 is 4.90 Å². The lowest BCUT2D eigenvalue weighted by molar-refractivity contribution is -0.141. The van der Waals surface area contributed by atoms with Crippen LogP contribution < -0.4 is 4.90 Å². The summed E-state index contributed by atoms with van der Waals surface area (Å²) in [4.78, 5) is 9.01. The van der Waals surface area contributed by atoms with Gasteiger partial charge in [0.05, 0.1) is 0 Å². The highest BCUT2D eigenvalue weighted by Gasteiger charge is 2.34. The van der Waals surface area contributed by atoms with Gasteiger partial charge in [-0.25, -0.2) is 9.97 Å². The summed E-state index contributed by atoms with van der Waals surface area (Å²) in [5.41, 5.74) is -0.986. The molecular formula is C12H15ClF3N3. The van der Waals surface area contributed by atoms with E-state index in [9.17, 15) is 13.2 Å². The van der Waals surface area contributed by atoms with Gasteiger partial charge in [0.2, 0.25) is 5.28 Å². The highest BCUT2D eigenvalue weighted by molar-refractivity contribution is 6.28. The van der Waals surface area contributed by atoms with Crippen LogP contribution in [0.4, 0.5) is 19.0 Å².